The minimum atomic E-state index is 0.384. The van der Waals surface area contributed by atoms with Gasteiger partial charge >= 0.3 is 0 Å². The van der Waals surface area contributed by atoms with Crippen LogP contribution in [0.4, 0.5) is 0 Å². The molecule has 1 N–H and O–H groups in total. The van der Waals surface area contributed by atoms with Crippen LogP contribution in [-0.2, 0) is 6.54 Å². The van der Waals surface area contributed by atoms with Gasteiger partial charge in [0, 0.05) is 12.6 Å². The van der Waals surface area contributed by atoms with Crippen molar-refractivity contribution >= 4 is 0 Å². The number of rotatable bonds is 5. The van der Waals surface area contributed by atoms with Gasteiger partial charge in [0.05, 0.1) is 0 Å². The van der Waals surface area contributed by atoms with E-state index in [1.54, 1.807) is 0 Å². The monoisotopic (exact) mass is 201 g/mol. The fourth-order valence-electron chi connectivity index (χ4n) is 1.74. The number of benzene rings is 1. The Balaban J connectivity index is 1.95. The summed E-state index contributed by atoms with van der Waals surface area (Å²) in [5.41, 5.74) is 2.90. The van der Waals surface area contributed by atoms with Gasteiger partial charge in [-0.3, -0.25) is 0 Å². The SMILES string of the molecule is C=CC(C)NCc1cccc(C2CC2)c1. The molecule has 1 aliphatic rings. The quantitative estimate of drug-likeness (QED) is 0.721. The smallest absolute Gasteiger partial charge is 0.0222 e. The molecule has 1 fully saturated rings. The zero-order valence-electron chi connectivity index (χ0n) is 9.37. The van der Waals surface area contributed by atoms with E-state index in [-0.39, 0.29) is 0 Å². The van der Waals surface area contributed by atoms with Crippen molar-refractivity contribution in [1.29, 1.82) is 0 Å². The zero-order chi connectivity index (χ0) is 10.7. The maximum atomic E-state index is 3.77. The molecule has 1 aliphatic carbocycles. The second-order valence-electron chi connectivity index (χ2n) is 4.42. The minimum Gasteiger partial charge on any atom is -0.307 e. The third kappa shape index (κ3) is 2.93. The minimum absolute atomic E-state index is 0.384. The maximum absolute atomic E-state index is 3.77. The van der Waals surface area contributed by atoms with Crippen molar-refractivity contribution in [3.05, 3.63) is 48.0 Å². The van der Waals surface area contributed by atoms with Crippen LogP contribution in [0.1, 0.15) is 36.8 Å². The predicted molar refractivity (Wildman–Crippen MR) is 64.9 cm³/mol. The van der Waals surface area contributed by atoms with Gasteiger partial charge in [0.1, 0.15) is 0 Å². The Labute approximate surface area is 92.2 Å². The lowest BCUT2D eigenvalue weighted by atomic mass is 10.1. The molecule has 1 aromatic carbocycles. The van der Waals surface area contributed by atoms with Gasteiger partial charge in [-0.25, -0.2) is 0 Å². The van der Waals surface area contributed by atoms with Gasteiger partial charge in [-0.1, -0.05) is 30.3 Å². The lowest BCUT2D eigenvalue weighted by molar-refractivity contribution is 0.634. The summed E-state index contributed by atoms with van der Waals surface area (Å²) in [5, 5.41) is 3.42. The maximum Gasteiger partial charge on any atom is 0.0222 e. The number of nitrogens with one attached hydrogen (secondary N) is 1. The van der Waals surface area contributed by atoms with E-state index < -0.39 is 0 Å². The lowest BCUT2D eigenvalue weighted by Crippen LogP contribution is -2.22. The van der Waals surface area contributed by atoms with Gasteiger partial charge in [-0.15, -0.1) is 6.58 Å². The van der Waals surface area contributed by atoms with Crippen LogP contribution in [0, 0.1) is 0 Å². The van der Waals surface area contributed by atoms with E-state index >= 15 is 0 Å². The molecule has 0 aromatic heterocycles. The van der Waals surface area contributed by atoms with Crippen molar-refractivity contribution in [3.63, 3.8) is 0 Å². The first-order valence-electron chi connectivity index (χ1n) is 5.74. The Bertz CT molecular complexity index is 339. The van der Waals surface area contributed by atoms with Gasteiger partial charge in [0.25, 0.3) is 0 Å². The Hall–Kier alpha value is -1.08. The van der Waals surface area contributed by atoms with Crippen LogP contribution in [0.3, 0.4) is 0 Å². The van der Waals surface area contributed by atoms with Crippen LogP contribution in [0.15, 0.2) is 36.9 Å². The van der Waals surface area contributed by atoms with Gasteiger partial charge in [0.2, 0.25) is 0 Å². The molecule has 1 atom stereocenters. The fraction of sp³-hybridized carbons (Fsp3) is 0.429. The van der Waals surface area contributed by atoms with Gasteiger partial charge in [-0.2, -0.15) is 0 Å². The van der Waals surface area contributed by atoms with E-state index in [4.69, 9.17) is 0 Å². The van der Waals surface area contributed by atoms with Crippen LogP contribution in [-0.4, -0.2) is 6.04 Å². The van der Waals surface area contributed by atoms with E-state index in [0.717, 1.165) is 12.5 Å². The summed E-state index contributed by atoms with van der Waals surface area (Å²) in [5.74, 6) is 0.849. The summed E-state index contributed by atoms with van der Waals surface area (Å²) in [6, 6.07) is 9.32. The molecule has 0 aliphatic heterocycles. The molecule has 15 heavy (non-hydrogen) atoms. The first-order valence-corrected chi connectivity index (χ1v) is 5.74. The van der Waals surface area contributed by atoms with E-state index in [2.05, 4.69) is 43.1 Å². The topological polar surface area (TPSA) is 12.0 Å². The lowest BCUT2D eigenvalue weighted by Gasteiger charge is -2.09. The first-order chi connectivity index (χ1) is 7.29. The molecule has 2 rings (SSSR count). The molecule has 1 heteroatoms. The second-order valence-corrected chi connectivity index (χ2v) is 4.42. The molecular weight excluding hydrogens is 182 g/mol. The summed E-state index contributed by atoms with van der Waals surface area (Å²) >= 11 is 0. The molecular formula is C14H19N. The summed E-state index contributed by atoms with van der Waals surface area (Å²) in [6.07, 6.45) is 4.69. The van der Waals surface area contributed by atoms with Crippen LogP contribution in [0.2, 0.25) is 0 Å². The molecule has 0 saturated heterocycles. The predicted octanol–water partition coefficient (Wildman–Crippen LogP) is 3.23. The molecule has 0 amide bonds. The zero-order valence-corrected chi connectivity index (χ0v) is 9.37. The Morgan fingerprint density at radius 1 is 1.53 bits per heavy atom. The molecule has 1 aromatic rings. The van der Waals surface area contributed by atoms with Crippen molar-refractivity contribution in [1.82, 2.24) is 5.32 Å². The average Bonchev–Trinajstić information content (AvgIpc) is 3.10. The number of hydrogen-bond donors (Lipinski definition) is 1. The average molecular weight is 201 g/mol. The molecule has 0 bridgehead atoms. The van der Waals surface area contributed by atoms with Crippen LogP contribution >= 0.6 is 0 Å². The molecule has 1 saturated carbocycles. The molecule has 0 heterocycles. The van der Waals surface area contributed by atoms with Crippen LogP contribution in [0.25, 0.3) is 0 Å². The van der Waals surface area contributed by atoms with Gasteiger partial charge < -0.3 is 5.32 Å². The largest absolute Gasteiger partial charge is 0.307 e. The highest BCUT2D eigenvalue weighted by atomic mass is 14.9. The van der Waals surface area contributed by atoms with E-state index in [0.29, 0.717) is 6.04 Å². The van der Waals surface area contributed by atoms with Crippen LogP contribution < -0.4 is 5.32 Å². The highest BCUT2D eigenvalue weighted by Crippen LogP contribution is 2.40. The molecule has 80 valence electrons. The molecule has 1 nitrogen and oxygen atoms in total. The van der Waals surface area contributed by atoms with Gasteiger partial charge in [-0.05, 0) is 36.8 Å². The third-order valence-electron chi connectivity index (χ3n) is 2.98. The highest BCUT2D eigenvalue weighted by molar-refractivity contribution is 5.29. The second kappa shape index (κ2) is 4.63. The Morgan fingerprint density at radius 2 is 2.33 bits per heavy atom. The summed E-state index contributed by atoms with van der Waals surface area (Å²) in [6.45, 7) is 6.83. The fourth-order valence-corrected chi connectivity index (χ4v) is 1.74. The summed E-state index contributed by atoms with van der Waals surface area (Å²) in [4.78, 5) is 0. The molecule has 1 unspecified atom stereocenters. The van der Waals surface area contributed by atoms with Gasteiger partial charge in [0.15, 0.2) is 0 Å². The van der Waals surface area contributed by atoms with Crippen molar-refractivity contribution in [3.8, 4) is 0 Å². The van der Waals surface area contributed by atoms with Crippen LogP contribution in [0.5, 0.6) is 0 Å². The van der Waals surface area contributed by atoms with E-state index in [1.165, 1.54) is 24.0 Å². The van der Waals surface area contributed by atoms with Crippen molar-refractivity contribution in [2.75, 3.05) is 0 Å². The van der Waals surface area contributed by atoms with Crippen molar-refractivity contribution in [2.24, 2.45) is 0 Å². The summed E-state index contributed by atoms with van der Waals surface area (Å²) < 4.78 is 0. The Morgan fingerprint density at radius 3 is 3.00 bits per heavy atom. The molecule has 0 radical (unpaired) electrons. The van der Waals surface area contributed by atoms with Crippen molar-refractivity contribution in [2.45, 2.75) is 38.3 Å². The standard InChI is InChI=1S/C14H19N/c1-3-11(2)15-10-12-5-4-6-14(9-12)13-7-8-13/h3-6,9,11,13,15H,1,7-8,10H2,2H3. The summed E-state index contributed by atoms with van der Waals surface area (Å²) in [7, 11) is 0. The van der Waals surface area contributed by atoms with E-state index in [9.17, 15) is 0 Å². The number of hydrogen-bond acceptors (Lipinski definition) is 1. The van der Waals surface area contributed by atoms with E-state index in [1.807, 2.05) is 6.08 Å². The normalized spacial score (nSPS) is 17.4. The highest BCUT2D eigenvalue weighted by Gasteiger charge is 2.23. The van der Waals surface area contributed by atoms with Crippen molar-refractivity contribution < 1.29 is 0 Å². The first kappa shape index (κ1) is 10.4. The Kier molecular flexibility index (Phi) is 3.22. The third-order valence-corrected chi connectivity index (χ3v) is 2.98. The molecule has 0 spiro atoms.